The van der Waals surface area contributed by atoms with Gasteiger partial charge in [0.2, 0.25) is 5.91 Å². The predicted octanol–water partition coefficient (Wildman–Crippen LogP) is 0.836. The van der Waals surface area contributed by atoms with Gasteiger partial charge in [0.1, 0.15) is 5.75 Å². The number of fused-ring (bicyclic) bond motifs is 1. The summed E-state index contributed by atoms with van der Waals surface area (Å²) in [4.78, 5) is 13.3. The number of hydrogen-bond acceptors (Lipinski definition) is 4. The van der Waals surface area contributed by atoms with E-state index in [0.717, 1.165) is 11.4 Å². The van der Waals surface area contributed by atoms with Crippen LogP contribution in [0, 0.1) is 0 Å². The molecule has 0 fully saturated rings. The Kier molecular flexibility index (Phi) is 3.49. The maximum atomic E-state index is 11.7. The highest BCUT2D eigenvalue weighted by atomic mass is 16.5. The molecule has 1 aromatic carbocycles. The number of benzene rings is 1. The molecule has 0 spiro atoms. The molecule has 92 valence electrons. The van der Waals surface area contributed by atoms with Gasteiger partial charge in [0.05, 0.1) is 25.3 Å². The van der Waals surface area contributed by atoms with Gasteiger partial charge in [-0.05, 0) is 18.2 Å². The third-order valence-electron chi connectivity index (χ3n) is 2.71. The van der Waals surface area contributed by atoms with Crippen LogP contribution in [0.25, 0.3) is 0 Å². The van der Waals surface area contributed by atoms with E-state index in [1.807, 2.05) is 18.2 Å². The van der Waals surface area contributed by atoms with Crippen molar-refractivity contribution in [2.24, 2.45) is 0 Å². The molecule has 0 aromatic heterocycles. The van der Waals surface area contributed by atoms with Crippen molar-refractivity contribution in [1.29, 1.82) is 0 Å². The number of carbonyl (C=O) groups is 1. The van der Waals surface area contributed by atoms with Crippen LogP contribution in [-0.2, 0) is 4.79 Å². The molecule has 1 aliphatic heterocycles. The molecule has 0 atom stereocenters. The van der Waals surface area contributed by atoms with Crippen molar-refractivity contribution in [2.75, 3.05) is 37.0 Å². The highest BCUT2D eigenvalue weighted by Gasteiger charge is 2.19. The largest absolute Gasteiger partial charge is 0.491 e. The zero-order valence-corrected chi connectivity index (χ0v) is 9.77. The number of ether oxygens (including phenoxy) is 1. The van der Waals surface area contributed by atoms with Gasteiger partial charge in [-0.15, -0.1) is 0 Å². The first-order chi connectivity index (χ1) is 8.22. The van der Waals surface area contributed by atoms with Crippen molar-refractivity contribution in [2.45, 2.75) is 6.42 Å². The summed E-state index contributed by atoms with van der Waals surface area (Å²) in [5.74, 6) is 0.760. The molecule has 0 unspecified atom stereocenters. The molecule has 2 N–H and O–H groups in total. The number of aliphatic hydroxyl groups is 1. The Balaban J connectivity index is 2.28. The van der Waals surface area contributed by atoms with Crippen LogP contribution in [0.15, 0.2) is 18.2 Å². The van der Waals surface area contributed by atoms with Crippen LogP contribution in [0.3, 0.4) is 0 Å². The van der Waals surface area contributed by atoms with Crippen molar-refractivity contribution in [3.63, 3.8) is 0 Å². The molecule has 2 rings (SSSR count). The Hall–Kier alpha value is -1.75. The predicted molar refractivity (Wildman–Crippen MR) is 65.5 cm³/mol. The van der Waals surface area contributed by atoms with Crippen LogP contribution in [0.5, 0.6) is 5.75 Å². The number of nitrogens with zero attached hydrogens (tertiary/aromatic N) is 1. The monoisotopic (exact) mass is 236 g/mol. The summed E-state index contributed by atoms with van der Waals surface area (Å²) in [6.07, 6.45) is 0.393. The quantitative estimate of drug-likeness (QED) is 0.816. The summed E-state index contributed by atoms with van der Waals surface area (Å²) in [5, 5.41) is 11.8. The third kappa shape index (κ3) is 2.50. The molecule has 1 amide bonds. The van der Waals surface area contributed by atoms with Crippen molar-refractivity contribution < 1.29 is 14.6 Å². The molecule has 0 saturated heterocycles. The molecule has 0 aliphatic carbocycles. The maximum absolute atomic E-state index is 11.7. The summed E-state index contributed by atoms with van der Waals surface area (Å²) in [6.45, 7) is 0.971. The maximum Gasteiger partial charge on any atom is 0.230 e. The second-order valence-corrected chi connectivity index (χ2v) is 3.88. The lowest BCUT2D eigenvalue weighted by Gasteiger charge is -2.17. The standard InChI is InChI=1S/C12H16N2O3/c1-14-10-8-9(13-5-6-15)2-3-11(10)17-7-4-12(14)16/h2-3,8,13,15H,4-7H2,1H3. The fourth-order valence-electron chi connectivity index (χ4n) is 1.76. The van der Waals surface area contributed by atoms with Gasteiger partial charge in [-0.2, -0.15) is 0 Å². The smallest absolute Gasteiger partial charge is 0.230 e. The molecule has 0 saturated carbocycles. The van der Waals surface area contributed by atoms with Gasteiger partial charge >= 0.3 is 0 Å². The van der Waals surface area contributed by atoms with Gasteiger partial charge in [-0.1, -0.05) is 0 Å². The number of amides is 1. The zero-order chi connectivity index (χ0) is 12.3. The normalized spacial score (nSPS) is 14.9. The first-order valence-electron chi connectivity index (χ1n) is 5.60. The molecule has 17 heavy (non-hydrogen) atoms. The van der Waals surface area contributed by atoms with Gasteiger partial charge in [-0.3, -0.25) is 4.79 Å². The molecule has 1 aliphatic rings. The first-order valence-corrected chi connectivity index (χ1v) is 5.60. The minimum atomic E-state index is 0.0445. The van der Waals surface area contributed by atoms with E-state index in [1.165, 1.54) is 0 Å². The Morgan fingerprint density at radius 3 is 3.12 bits per heavy atom. The number of carbonyl (C=O) groups excluding carboxylic acids is 1. The Labute approximate surface area is 100.0 Å². The van der Waals surface area contributed by atoms with Crippen LogP contribution in [0.2, 0.25) is 0 Å². The Morgan fingerprint density at radius 2 is 2.35 bits per heavy atom. The highest BCUT2D eigenvalue weighted by Crippen LogP contribution is 2.33. The van der Waals surface area contributed by atoms with E-state index in [1.54, 1.807) is 11.9 Å². The van der Waals surface area contributed by atoms with Gasteiger partial charge in [0.15, 0.2) is 0 Å². The number of aliphatic hydroxyl groups excluding tert-OH is 1. The third-order valence-corrected chi connectivity index (χ3v) is 2.71. The van der Waals surface area contributed by atoms with E-state index in [9.17, 15) is 4.79 Å². The second kappa shape index (κ2) is 5.05. The summed E-state index contributed by atoms with van der Waals surface area (Å²) < 4.78 is 5.51. The van der Waals surface area contributed by atoms with Crippen molar-refractivity contribution in [3.8, 4) is 5.75 Å². The Morgan fingerprint density at radius 1 is 1.53 bits per heavy atom. The van der Waals surface area contributed by atoms with Crippen LogP contribution < -0.4 is 15.0 Å². The number of nitrogens with one attached hydrogen (secondary N) is 1. The lowest BCUT2D eigenvalue weighted by Crippen LogP contribution is -2.25. The fraction of sp³-hybridized carbons (Fsp3) is 0.417. The van der Waals surface area contributed by atoms with Crippen LogP contribution in [0.1, 0.15) is 6.42 Å². The lowest BCUT2D eigenvalue weighted by molar-refractivity contribution is -0.118. The summed E-state index contributed by atoms with van der Waals surface area (Å²) in [6, 6.07) is 5.57. The highest BCUT2D eigenvalue weighted by molar-refractivity contribution is 5.95. The SMILES string of the molecule is CN1C(=O)CCOc2ccc(NCCO)cc21. The summed E-state index contributed by atoms with van der Waals surface area (Å²) in [5.41, 5.74) is 1.62. The van der Waals surface area contributed by atoms with E-state index in [-0.39, 0.29) is 12.5 Å². The van der Waals surface area contributed by atoms with Crippen molar-refractivity contribution in [1.82, 2.24) is 0 Å². The zero-order valence-electron chi connectivity index (χ0n) is 9.77. The molecular formula is C12H16N2O3. The first kappa shape index (κ1) is 11.7. The molecule has 0 radical (unpaired) electrons. The van der Waals surface area contributed by atoms with Crippen molar-refractivity contribution in [3.05, 3.63) is 18.2 Å². The molecule has 5 heteroatoms. The van der Waals surface area contributed by atoms with Crippen LogP contribution in [-0.4, -0.2) is 37.8 Å². The van der Waals surface area contributed by atoms with Gasteiger partial charge < -0.3 is 20.1 Å². The average molecular weight is 236 g/mol. The minimum absolute atomic E-state index is 0.0445. The van der Waals surface area contributed by atoms with Crippen LogP contribution >= 0.6 is 0 Å². The molecular weight excluding hydrogens is 220 g/mol. The molecule has 1 heterocycles. The van der Waals surface area contributed by atoms with E-state index >= 15 is 0 Å². The van der Waals surface area contributed by atoms with E-state index in [2.05, 4.69) is 5.32 Å². The summed E-state index contributed by atoms with van der Waals surface area (Å²) in [7, 11) is 1.74. The van der Waals surface area contributed by atoms with Crippen molar-refractivity contribution >= 4 is 17.3 Å². The number of hydrogen-bond donors (Lipinski definition) is 2. The van der Waals surface area contributed by atoms with E-state index in [0.29, 0.717) is 25.3 Å². The summed E-state index contributed by atoms with van der Waals surface area (Å²) >= 11 is 0. The average Bonchev–Trinajstić information content (AvgIpc) is 2.48. The van der Waals surface area contributed by atoms with E-state index in [4.69, 9.17) is 9.84 Å². The number of rotatable bonds is 3. The minimum Gasteiger partial charge on any atom is -0.491 e. The van der Waals surface area contributed by atoms with Gasteiger partial charge in [-0.25, -0.2) is 0 Å². The van der Waals surface area contributed by atoms with Crippen LogP contribution in [0.4, 0.5) is 11.4 Å². The molecule has 1 aromatic rings. The number of anilines is 2. The van der Waals surface area contributed by atoms with E-state index < -0.39 is 0 Å². The lowest BCUT2D eigenvalue weighted by atomic mass is 10.2. The Bertz CT molecular complexity index is 420. The molecule has 0 bridgehead atoms. The van der Waals surface area contributed by atoms with Gasteiger partial charge in [0.25, 0.3) is 0 Å². The fourth-order valence-corrected chi connectivity index (χ4v) is 1.76. The topological polar surface area (TPSA) is 61.8 Å². The molecule has 5 nitrogen and oxygen atoms in total. The van der Waals surface area contributed by atoms with Gasteiger partial charge in [0, 0.05) is 19.3 Å². The second-order valence-electron chi connectivity index (χ2n) is 3.88.